The number of aromatic nitrogens is 2. The number of halogens is 2. The van der Waals surface area contributed by atoms with Gasteiger partial charge in [-0.05, 0) is 12.1 Å². The minimum Gasteiger partial charge on any atom is -0.396 e. The van der Waals surface area contributed by atoms with E-state index < -0.39 is 11.6 Å². The van der Waals surface area contributed by atoms with Crippen molar-refractivity contribution in [2.75, 3.05) is 5.73 Å². The van der Waals surface area contributed by atoms with Crippen LogP contribution in [0, 0.1) is 11.6 Å². The van der Waals surface area contributed by atoms with E-state index in [1.807, 2.05) is 0 Å². The first-order valence-corrected chi connectivity index (χ1v) is 3.93. The molecule has 0 saturated carbocycles. The second-order valence-electron chi connectivity index (χ2n) is 2.80. The summed E-state index contributed by atoms with van der Waals surface area (Å²) in [5.41, 5.74) is 5.69. The van der Waals surface area contributed by atoms with E-state index in [0.717, 1.165) is 0 Å². The number of rotatable bonds is 1. The number of hydrogen-bond donors (Lipinski definition) is 2. The summed E-state index contributed by atoms with van der Waals surface area (Å²) in [4.78, 5) is 0. The highest BCUT2D eigenvalue weighted by atomic mass is 19.1. The van der Waals surface area contributed by atoms with Crippen molar-refractivity contribution >= 4 is 5.69 Å². The lowest BCUT2D eigenvalue weighted by Gasteiger charge is -2.02. The Balaban J connectivity index is 2.68. The quantitative estimate of drug-likeness (QED) is 0.730. The summed E-state index contributed by atoms with van der Waals surface area (Å²) >= 11 is 0. The number of H-pyrrole nitrogens is 1. The van der Waals surface area contributed by atoms with Gasteiger partial charge in [-0.2, -0.15) is 5.10 Å². The molecule has 0 saturated heterocycles. The summed E-state index contributed by atoms with van der Waals surface area (Å²) < 4.78 is 26.5. The van der Waals surface area contributed by atoms with Crippen molar-refractivity contribution in [3.8, 4) is 11.3 Å². The molecule has 0 aliphatic heterocycles. The van der Waals surface area contributed by atoms with Crippen LogP contribution in [-0.2, 0) is 0 Å². The molecule has 2 rings (SSSR count). The predicted octanol–water partition coefficient (Wildman–Crippen LogP) is 1.94. The van der Waals surface area contributed by atoms with E-state index in [4.69, 9.17) is 5.73 Å². The van der Waals surface area contributed by atoms with E-state index in [0.29, 0.717) is 0 Å². The van der Waals surface area contributed by atoms with E-state index in [1.165, 1.54) is 24.4 Å². The molecule has 3 nitrogen and oxygen atoms in total. The molecule has 0 amide bonds. The maximum absolute atomic E-state index is 13.3. The molecule has 72 valence electrons. The first kappa shape index (κ1) is 8.68. The van der Waals surface area contributed by atoms with Gasteiger partial charge in [0.05, 0.1) is 23.1 Å². The fraction of sp³-hybridized carbons (Fsp3) is 0. The molecule has 1 heterocycles. The van der Waals surface area contributed by atoms with Crippen LogP contribution in [0.25, 0.3) is 11.3 Å². The average molecular weight is 195 g/mol. The third-order valence-corrected chi connectivity index (χ3v) is 1.88. The van der Waals surface area contributed by atoms with Crippen LogP contribution in [0.5, 0.6) is 0 Å². The summed E-state index contributed by atoms with van der Waals surface area (Å²) in [6, 6.07) is 3.62. The van der Waals surface area contributed by atoms with E-state index in [-0.39, 0.29) is 16.9 Å². The van der Waals surface area contributed by atoms with Gasteiger partial charge in [-0.1, -0.05) is 6.07 Å². The van der Waals surface area contributed by atoms with E-state index in [9.17, 15) is 8.78 Å². The zero-order valence-corrected chi connectivity index (χ0v) is 7.09. The van der Waals surface area contributed by atoms with Crippen molar-refractivity contribution in [3.63, 3.8) is 0 Å². The number of nitrogen functional groups attached to an aromatic ring is 1. The molecular weight excluding hydrogens is 188 g/mol. The van der Waals surface area contributed by atoms with Crippen LogP contribution < -0.4 is 5.73 Å². The van der Waals surface area contributed by atoms with Crippen molar-refractivity contribution in [1.82, 2.24) is 10.2 Å². The second-order valence-corrected chi connectivity index (χ2v) is 2.80. The maximum atomic E-state index is 13.3. The van der Waals surface area contributed by atoms with Gasteiger partial charge < -0.3 is 5.73 Å². The molecule has 0 unspecified atom stereocenters. The lowest BCUT2D eigenvalue weighted by molar-refractivity contribution is 0.588. The van der Waals surface area contributed by atoms with Gasteiger partial charge in [-0.25, -0.2) is 8.78 Å². The van der Waals surface area contributed by atoms with Crippen LogP contribution >= 0.6 is 0 Å². The SMILES string of the molecule is Nc1cn[nH]c1-c1c(F)cccc1F. The summed E-state index contributed by atoms with van der Waals surface area (Å²) in [7, 11) is 0. The van der Waals surface area contributed by atoms with Gasteiger partial charge in [0.1, 0.15) is 11.6 Å². The molecule has 5 heteroatoms. The minimum atomic E-state index is -0.666. The van der Waals surface area contributed by atoms with Crippen molar-refractivity contribution in [2.24, 2.45) is 0 Å². The Hall–Kier alpha value is -1.91. The highest BCUT2D eigenvalue weighted by molar-refractivity contribution is 5.72. The summed E-state index contributed by atoms with van der Waals surface area (Å²) in [5.74, 6) is -1.33. The molecular formula is C9H7F2N3. The topological polar surface area (TPSA) is 54.7 Å². The van der Waals surface area contributed by atoms with Crippen LogP contribution in [0.3, 0.4) is 0 Å². The first-order chi connectivity index (χ1) is 6.70. The van der Waals surface area contributed by atoms with Gasteiger partial charge in [0.2, 0.25) is 0 Å². The van der Waals surface area contributed by atoms with Gasteiger partial charge in [0.25, 0.3) is 0 Å². The van der Waals surface area contributed by atoms with Crippen LogP contribution in [0.4, 0.5) is 14.5 Å². The normalized spacial score (nSPS) is 10.4. The monoisotopic (exact) mass is 195 g/mol. The van der Waals surface area contributed by atoms with Crippen molar-refractivity contribution in [2.45, 2.75) is 0 Å². The highest BCUT2D eigenvalue weighted by Crippen LogP contribution is 2.27. The fourth-order valence-electron chi connectivity index (χ4n) is 1.23. The Morgan fingerprint density at radius 3 is 2.36 bits per heavy atom. The zero-order chi connectivity index (χ0) is 10.1. The average Bonchev–Trinajstić information content (AvgIpc) is 2.52. The standard InChI is InChI=1S/C9H7F2N3/c10-5-2-1-3-6(11)8(5)9-7(12)4-13-14-9/h1-4H,12H2,(H,13,14). The summed E-state index contributed by atoms with van der Waals surface area (Å²) in [5, 5.41) is 6.05. The molecule has 1 aromatic carbocycles. The molecule has 2 aromatic rings. The Labute approximate surface area is 78.6 Å². The Morgan fingerprint density at radius 2 is 1.86 bits per heavy atom. The van der Waals surface area contributed by atoms with Crippen molar-refractivity contribution in [3.05, 3.63) is 36.0 Å². The van der Waals surface area contributed by atoms with Gasteiger partial charge in [0.15, 0.2) is 0 Å². The summed E-state index contributed by atoms with van der Waals surface area (Å²) in [6.07, 6.45) is 1.31. The Kier molecular flexibility index (Phi) is 1.92. The van der Waals surface area contributed by atoms with Crippen LogP contribution in [0.1, 0.15) is 0 Å². The zero-order valence-electron chi connectivity index (χ0n) is 7.09. The fourth-order valence-corrected chi connectivity index (χ4v) is 1.23. The molecule has 0 aliphatic carbocycles. The minimum absolute atomic E-state index is 0.167. The lowest BCUT2D eigenvalue weighted by atomic mass is 10.1. The van der Waals surface area contributed by atoms with Crippen molar-refractivity contribution in [1.29, 1.82) is 0 Å². The second kappa shape index (κ2) is 3.10. The summed E-state index contributed by atoms with van der Waals surface area (Å²) in [6.45, 7) is 0. The van der Waals surface area contributed by atoms with Crippen LogP contribution in [0.15, 0.2) is 24.4 Å². The maximum Gasteiger partial charge on any atom is 0.135 e. The highest BCUT2D eigenvalue weighted by Gasteiger charge is 2.14. The number of anilines is 1. The molecule has 1 aromatic heterocycles. The molecule has 0 spiro atoms. The van der Waals surface area contributed by atoms with Crippen molar-refractivity contribution < 1.29 is 8.78 Å². The number of benzene rings is 1. The number of nitrogens with zero attached hydrogens (tertiary/aromatic N) is 1. The number of nitrogens with two attached hydrogens (primary N) is 1. The molecule has 0 bridgehead atoms. The smallest absolute Gasteiger partial charge is 0.135 e. The molecule has 0 atom stereocenters. The van der Waals surface area contributed by atoms with E-state index in [1.54, 1.807) is 0 Å². The molecule has 14 heavy (non-hydrogen) atoms. The number of nitrogens with one attached hydrogen (secondary N) is 1. The van der Waals surface area contributed by atoms with Gasteiger partial charge in [-0.15, -0.1) is 0 Å². The molecule has 0 radical (unpaired) electrons. The Morgan fingerprint density at radius 1 is 1.21 bits per heavy atom. The largest absolute Gasteiger partial charge is 0.396 e. The van der Waals surface area contributed by atoms with E-state index >= 15 is 0 Å². The lowest BCUT2D eigenvalue weighted by Crippen LogP contribution is -1.93. The third kappa shape index (κ3) is 1.22. The van der Waals surface area contributed by atoms with Gasteiger partial charge in [0, 0.05) is 0 Å². The van der Waals surface area contributed by atoms with Crippen LogP contribution in [0.2, 0.25) is 0 Å². The van der Waals surface area contributed by atoms with Crippen LogP contribution in [-0.4, -0.2) is 10.2 Å². The number of hydrogen-bond acceptors (Lipinski definition) is 2. The first-order valence-electron chi connectivity index (χ1n) is 3.93. The van der Waals surface area contributed by atoms with Gasteiger partial charge >= 0.3 is 0 Å². The molecule has 0 aliphatic rings. The number of aromatic amines is 1. The van der Waals surface area contributed by atoms with E-state index in [2.05, 4.69) is 10.2 Å². The predicted molar refractivity (Wildman–Crippen MR) is 48.4 cm³/mol. The third-order valence-electron chi connectivity index (χ3n) is 1.88. The van der Waals surface area contributed by atoms with Gasteiger partial charge in [-0.3, -0.25) is 5.10 Å². The Bertz CT molecular complexity index is 445. The molecule has 0 fully saturated rings. The molecule has 3 N–H and O–H groups in total.